The molecule has 0 unspecified atom stereocenters. The van der Waals surface area contributed by atoms with Crippen LogP contribution in [0.15, 0.2) is 42.5 Å². The average molecular weight is 494 g/mol. The summed E-state index contributed by atoms with van der Waals surface area (Å²) in [5.74, 6) is 1.10. The molecule has 0 bridgehead atoms. The van der Waals surface area contributed by atoms with Gasteiger partial charge in [0, 0.05) is 0 Å². The van der Waals surface area contributed by atoms with Crippen LogP contribution >= 0.6 is 17.0 Å². The van der Waals surface area contributed by atoms with E-state index in [1.165, 1.54) is 50.6 Å². The minimum atomic E-state index is -0.826. The third-order valence-electron chi connectivity index (χ3n) is 5.24. The third kappa shape index (κ3) is 5.78. The van der Waals surface area contributed by atoms with Crippen LogP contribution < -0.4 is 0 Å². The van der Waals surface area contributed by atoms with E-state index >= 15 is 0 Å². The molecule has 3 rings (SSSR count). The average Bonchev–Trinajstić information content (AvgIpc) is 3.02. The maximum atomic E-state index is 4.93. The van der Waals surface area contributed by atoms with Crippen molar-refractivity contribution < 1.29 is 20.8 Å². The summed E-state index contributed by atoms with van der Waals surface area (Å²) in [7, 11) is 9.87. The number of hydrogen-bond acceptors (Lipinski definition) is 0. The van der Waals surface area contributed by atoms with Gasteiger partial charge in [0.2, 0.25) is 0 Å². The van der Waals surface area contributed by atoms with Gasteiger partial charge in [-0.05, 0) is 34.9 Å². The number of aryl methyl sites for hydroxylation is 2. The molecular weight excluding hydrogens is 462 g/mol. The predicted octanol–water partition coefficient (Wildman–Crippen LogP) is 9.11. The van der Waals surface area contributed by atoms with Crippen molar-refractivity contribution in [1.82, 2.24) is 0 Å². The summed E-state index contributed by atoms with van der Waals surface area (Å²) < 4.78 is 0. The molecule has 0 saturated carbocycles. The van der Waals surface area contributed by atoms with Gasteiger partial charge in [-0.2, -0.15) is 6.07 Å². The Labute approximate surface area is 189 Å². The fourth-order valence-corrected chi connectivity index (χ4v) is 3.78. The standard InChI is InChI=1S/C25H31.2ClH.Zr/c1-7-8-19-9-10-20-11-18(6)12-24(20)25(19)23-14-21(16(2)3)13-22(15-23)17(4)5;;;/h9-17H,7-8H2,1-6H3;2*1H;/q-1;;;+2/p-2. The van der Waals surface area contributed by atoms with Crippen LogP contribution in [0.2, 0.25) is 0 Å². The van der Waals surface area contributed by atoms with E-state index in [2.05, 4.69) is 84.0 Å². The van der Waals surface area contributed by atoms with Crippen LogP contribution in [0.3, 0.4) is 0 Å². The molecule has 28 heavy (non-hydrogen) atoms. The van der Waals surface area contributed by atoms with E-state index in [9.17, 15) is 0 Å². The molecule has 0 saturated heterocycles. The monoisotopic (exact) mass is 491 g/mol. The van der Waals surface area contributed by atoms with Gasteiger partial charge >= 0.3 is 37.9 Å². The van der Waals surface area contributed by atoms with Crippen molar-refractivity contribution >= 4 is 27.8 Å². The molecule has 150 valence electrons. The molecular formula is C25H31Cl2Zr-. The van der Waals surface area contributed by atoms with Gasteiger partial charge in [-0.25, -0.2) is 0 Å². The molecule has 3 aromatic carbocycles. The first kappa shape index (κ1) is 23.8. The first-order valence-electron chi connectivity index (χ1n) is 10.1. The quantitative estimate of drug-likeness (QED) is 0.311. The van der Waals surface area contributed by atoms with E-state index in [1.807, 2.05) is 0 Å². The summed E-state index contributed by atoms with van der Waals surface area (Å²) in [5, 5.41) is 2.78. The summed E-state index contributed by atoms with van der Waals surface area (Å²) in [5.41, 5.74) is 8.59. The summed E-state index contributed by atoms with van der Waals surface area (Å²) in [6.45, 7) is 13.7. The Balaban J connectivity index is 0.000000878. The molecule has 0 radical (unpaired) electrons. The Kier molecular flexibility index (Phi) is 9.39. The van der Waals surface area contributed by atoms with Gasteiger partial charge in [-0.1, -0.05) is 77.3 Å². The topological polar surface area (TPSA) is 0 Å². The maximum absolute atomic E-state index is 4.93. The Morgan fingerprint density at radius 1 is 0.929 bits per heavy atom. The Morgan fingerprint density at radius 3 is 2.00 bits per heavy atom. The number of halogens is 2. The second kappa shape index (κ2) is 11.1. The second-order valence-electron chi connectivity index (χ2n) is 8.15. The van der Waals surface area contributed by atoms with Crippen molar-refractivity contribution in [3.05, 3.63) is 64.7 Å². The second-order valence-corrected chi connectivity index (χ2v) is 11.9. The van der Waals surface area contributed by atoms with Gasteiger partial charge in [0.25, 0.3) is 0 Å². The van der Waals surface area contributed by atoms with Gasteiger partial charge in [0.05, 0.1) is 0 Å². The zero-order valence-corrected chi connectivity index (χ0v) is 21.8. The van der Waals surface area contributed by atoms with Crippen LogP contribution in [0.25, 0.3) is 21.9 Å². The molecule has 3 heteroatoms. The first-order valence-corrected chi connectivity index (χ1v) is 16.5. The summed E-state index contributed by atoms with van der Waals surface area (Å²) in [6.07, 6.45) is 2.32. The first-order chi connectivity index (χ1) is 13.3. The van der Waals surface area contributed by atoms with E-state index in [-0.39, 0.29) is 0 Å². The third-order valence-corrected chi connectivity index (χ3v) is 5.24. The molecule has 0 nitrogen and oxygen atoms in total. The molecule has 0 aliphatic carbocycles. The van der Waals surface area contributed by atoms with Crippen molar-refractivity contribution in [2.45, 2.75) is 66.2 Å². The predicted molar refractivity (Wildman–Crippen MR) is 124 cm³/mol. The van der Waals surface area contributed by atoms with Gasteiger partial charge in [0.1, 0.15) is 0 Å². The van der Waals surface area contributed by atoms with Crippen molar-refractivity contribution in [3.8, 4) is 11.1 Å². The molecule has 0 N–H and O–H groups in total. The van der Waals surface area contributed by atoms with Crippen LogP contribution in [0.5, 0.6) is 0 Å². The van der Waals surface area contributed by atoms with Gasteiger partial charge in [-0.15, -0.1) is 34.5 Å². The molecule has 0 aliphatic rings. The number of hydrogen-bond donors (Lipinski definition) is 0. The van der Waals surface area contributed by atoms with Gasteiger partial charge in [-0.3, -0.25) is 0 Å². The fourth-order valence-electron chi connectivity index (χ4n) is 3.78. The van der Waals surface area contributed by atoms with E-state index in [0.29, 0.717) is 11.8 Å². The summed E-state index contributed by atoms with van der Waals surface area (Å²) in [4.78, 5) is 0. The van der Waals surface area contributed by atoms with Crippen molar-refractivity contribution in [2.75, 3.05) is 0 Å². The van der Waals surface area contributed by atoms with Crippen LogP contribution in [-0.4, -0.2) is 0 Å². The van der Waals surface area contributed by atoms with Crippen LogP contribution in [0.4, 0.5) is 0 Å². The van der Waals surface area contributed by atoms with E-state index in [0.717, 1.165) is 6.42 Å². The fraction of sp³-hybridized carbons (Fsp3) is 0.400. The van der Waals surface area contributed by atoms with Gasteiger partial charge < -0.3 is 0 Å². The van der Waals surface area contributed by atoms with Crippen molar-refractivity contribution in [1.29, 1.82) is 0 Å². The summed E-state index contributed by atoms with van der Waals surface area (Å²) >= 11 is -0.826. The Morgan fingerprint density at radius 2 is 1.50 bits per heavy atom. The van der Waals surface area contributed by atoms with Crippen LogP contribution in [0, 0.1) is 6.92 Å². The minimum absolute atomic E-state index is 0.549. The molecule has 0 amide bonds. The van der Waals surface area contributed by atoms with Crippen LogP contribution in [-0.2, 0) is 27.3 Å². The molecule has 0 heterocycles. The zero-order valence-electron chi connectivity index (χ0n) is 17.9. The number of benzene rings is 2. The molecule has 3 aromatic rings. The number of rotatable bonds is 5. The van der Waals surface area contributed by atoms with E-state index < -0.39 is 20.8 Å². The Bertz CT molecular complexity index is 880. The van der Waals surface area contributed by atoms with E-state index in [1.54, 1.807) is 0 Å². The van der Waals surface area contributed by atoms with Crippen molar-refractivity contribution in [3.63, 3.8) is 0 Å². The van der Waals surface area contributed by atoms with Crippen molar-refractivity contribution in [2.24, 2.45) is 0 Å². The van der Waals surface area contributed by atoms with Gasteiger partial charge in [0.15, 0.2) is 0 Å². The zero-order chi connectivity index (χ0) is 20.8. The molecule has 0 aromatic heterocycles. The SMILES string of the molecule is CCCc1ccc2[cH-]c(C)cc2c1-c1cc(C(C)C)cc(C(C)C)c1.[Cl][Zr][Cl]. The normalized spacial score (nSPS) is 11.1. The summed E-state index contributed by atoms with van der Waals surface area (Å²) in [6, 6.07) is 16.6. The molecule has 0 atom stereocenters. The molecule has 0 fully saturated rings. The number of fused-ring (bicyclic) bond motifs is 1. The van der Waals surface area contributed by atoms with Crippen LogP contribution in [0.1, 0.15) is 75.1 Å². The molecule has 0 spiro atoms. The van der Waals surface area contributed by atoms with E-state index in [4.69, 9.17) is 17.0 Å². The Hall–Kier alpha value is -0.487. The molecule has 0 aliphatic heterocycles.